The zero-order valence-electron chi connectivity index (χ0n) is 30.5. The molecule has 0 unspecified atom stereocenters. The fraction of sp³-hybridized carbons (Fsp3) is 0.341. The second kappa shape index (κ2) is 19.0. The molecule has 4 rings (SSSR count). The highest BCUT2D eigenvalue weighted by Gasteiger charge is 2.52. The van der Waals surface area contributed by atoms with Crippen LogP contribution in [0, 0.1) is 5.82 Å². The molecule has 4 atom stereocenters. The van der Waals surface area contributed by atoms with Gasteiger partial charge in [0.25, 0.3) is 5.91 Å². The minimum absolute atomic E-state index is 0.0142. The van der Waals surface area contributed by atoms with Crippen LogP contribution in [0.2, 0.25) is 0 Å². The first-order valence-corrected chi connectivity index (χ1v) is 17.8. The van der Waals surface area contributed by atoms with Crippen LogP contribution in [0.3, 0.4) is 0 Å². The molecule has 54 heavy (non-hydrogen) atoms. The predicted octanol–water partition coefficient (Wildman–Crippen LogP) is 2.97. The second-order valence-corrected chi connectivity index (χ2v) is 13.3. The van der Waals surface area contributed by atoms with Crippen molar-refractivity contribution >= 4 is 51.9 Å². The van der Waals surface area contributed by atoms with E-state index < -0.39 is 59.6 Å². The Hall–Kier alpha value is -5.50. The molecule has 1 radical (unpaired) electrons. The molecule has 285 valence electrons. The highest BCUT2D eigenvalue weighted by atomic mass is 19.1. The Morgan fingerprint density at radius 3 is 2.26 bits per heavy atom. The van der Waals surface area contributed by atoms with Gasteiger partial charge in [0.1, 0.15) is 17.9 Å². The molecule has 4 aromatic carbocycles. The number of nitrogens with zero attached hydrogens (tertiary/aromatic N) is 2. The number of ketones is 1. The van der Waals surface area contributed by atoms with E-state index in [-0.39, 0.29) is 44.3 Å². The maximum atomic E-state index is 14.7. The number of fused-ring (bicyclic) bond motifs is 1. The molecule has 0 aromatic heterocycles. The van der Waals surface area contributed by atoms with E-state index in [0.29, 0.717) is 12.1 Å². The minimum atomic E-state index is -2.39. The Morgan fingerprint density at radius 1 is 0.944 bits per heavy atom. The third-order valence-corrected chi connectivity index (χ3v) is 9.67. The maximum Gasteiger partial charge on any atom is 0.250 e. The van der Waals surface area contributed by atoms with Crippen molar-refractivity contribution < 1.29 is 33.5 Å². The summed E-state index contributed by atoms with van der Waals surface area (Å²) >= 11 is 0. The lowest BCUT2D eigenvalue weighted by atomic mass is 9.82. The number of amides is 3. The van der Waals surface area contributed by atoms with E-state index in [0.717, 1.165) is 26.8 Å². The van der Waals surface area contributed by atoms with Crippen molar-refractivity contribution in [1.82, 2.24) is 10.2 Å². The van der Waals surface area contributed by atoms with Gasteiger partial charge in [-0.05, 0) is 104 Å². The number of benzene rings is 4. The number of anilines is 2. The Bertz CT molecular complexity index is 1920. The van der Waals surface area contributed by atoms with Crippen LogP contribution >= 0.6 is 0 Å². The van der Waals surface area contributed by atoms with Crippen molar-refractivity contribution in [3.05, 3.63) is 108 Å². The van der Waals surface area contributed by atoms with Gasteiger partial charge in [0.05, 0.1) is 12.6 Å². The second-order valence-electron chi connectivity index (χ2n) is 13.3. The van der Waals surface area contributed by atoms with E-state index in [1.54, 1.807) is 12.1 Å². The summed E-state index contributed by atoms with van der Waals surface area (Å²) in [4.78, 5) is 71.7. The molecule has 12 nitrogen and oxygen atoms in total. The van der Waals surface area contributed by atoms with E-state index in [4.69, 9.17) is 17.2 Å². The van der Waals surface area contributed by atoms with Crippen LogP contribution in [0.25, 0.3) is 10.8 Å². The number of Topliss-reactive ketones (excluding diaryl/α,β-unsaturated/α-hetero) is 1. The van der Waals surface area contributed by atoms with E-state index in [1.165, 1.54) is 55.3 Å². The average molecular weight is 740 g/mol. The van der Waals surface area contributed by atoms with Gasteiger partial charge in [-0.25, -0.2) is 4.39 Å². The number of hydrogen-bond donors (Lipinski definition) is 5. The zero-order valence-corrected chi connectivity index (χ0v) is 30.5. The molecule has 0 aliphatic carbocycles. The largest absolute Gasteiger partial charge is 0.399 e. The summed E-state index contributed by atoms with van der Waals surface area (Å²) in [5, 5.41) is 14.9. The van der Waals surface area contributed by atoms with Gasteiger partial charge in [-0.2, -0.15) is 0 Å². The standard InChI is InChI=1S/C41H48FN6O6/c1-27(47(2)37(51)21-14-28-12-15-31(42)16-13-28)40(54)48(33-19-17-32(44)18-20-33)41(26-50,22-5-6-23-43)38(52)36(25-49)46-39(53)35(45)24-30-10-7-9-29-8-3-4-11-34(29)30/h3-4,7-13,15-20,27,35-36,49H,5-6,14,21-25,43-45H2,1-2H3,(H,46,53)/t27-,35-,36-,41+/m0/s1. The van der Waals surface area contributed by atoms with Gasteiger partial charge in [0, 0.05) is 24.8 Å². The molecule has 0 fully saturated rings. The Balaban J connectivity index is 1.66. The molecule has 0 aliphatic rings. The molecule has 8 N–H and O–H groups in total. The highest BCUT2D eigenvalue weighted by Crippen LogP contribution is 2.32. The number of aliphatic hydroxyl groups excluding tert-OH is 1. The molecule has 0 bridgehead atoms. The third kappa shape index (κ3) is 9.72. The van der Waals surface area contributed by atoms with Crippen molar-refractivity contribution in [3.63, 3.8) is 0 Å². The fourth-order valence-electron chi connectivity index (χ4n) is 6.38. The lowest BCUT2D eigenvalue weighted by molar-refractivity contribution is -0.138. The average Bonchev–Trinajstić information content (AvgIpc) is 3.18. The smallest absolute Gasteiger partial charge is 0.250 e. The first-order chi connectivity index (χ1) is 25.9. The molecule has 0 aliphatic heterocycles. The summed E-state index contributed by atoms with van der Waals surface area (Å²) < 4.78 is 13.4. The van der Waals surface area contributed by atoms with Crippen molar-refractivity contribution in [2.45, 2.75) is 69.1 Å². The molecule has 3 amide bonds. The zero-order chi connectivity index (χ0) is 39.4. The number of carbonyl (C=O) groups is 4. The van der Waals surface area contributed by atoms with Crippen molar-refractivity contribution in [3.8, 4) is 0 Å². The molecule has 0 saturated heterocycles. The molecular formula is C41H48FN6O6. The van der Waals surface area contributed by atoms with E-state index in [9.17, 15) is 33.5 Å². The summed E-state index contributed by atoms with van der Waals surface area (Å²) in [7, 11) is 1.42. The van der Waals surface area contributed by atoms with E-state index in [1.807, 2.05) is 48.8 Å². The van der Waals surface area contributed by atoms with Gasteiger partial charge in [0.2, 0.25) is 18.1 Å². The summed E-state index contributed by atoms with van der Waals surface area (Å²) in [5.41, 5.74) is 17.6. The van der Waals surface area contributed by atoms with Crippen molar-refractivity contribution in [2.24, 2.45) is 11.5 Å². The van der Waals surface area contributed by atoms with Crippen LogP contribution < -0.4 is 27.4 Å². The normalized spacial score (nSPS) is 14.0. The number of unbranched alkanes of at least 4 members (excludes halogenated alkanes) is 1. The maximum absolute atomic E-state index is 14.7. The van der Waals surface area contributed by atoms with Gasteiger partial charge in [-0.1, -0.05) is 54.6 Å². The van der Waals surface area contributed by atoms with Crippen molar-refractivity contribution in [2.75, 3.05) is 30.8 Å². The summed E-state index contributed by atoms with van der Waals surface area (Å²) in [6.45, 7) is 0.747. The van der Waals surface area contributed by atoms with Gasteiger partial charge < -0.3 is 32.5 Å². The molecule has 0 spiro atoms. The van der Waals surface area contributed by atoms with Crippen LogP contribution in [-0.2, 0) is 36.8 Å². The minimum Gasteiger partial charge on any atom is -0.399 e. The van der Waals surface area contributed by atoms with Crippen molar-refractivity contribution in [1.29, 1.82) is 0 Å². The summed E-state index contributed by atoms with van der Waals surface area (Å²) in [6.07, 6.45) is 2.47. The monoisotopic (exact) mass is 739 g/mol. The van der Waals surface area contributed by atoms with Gasteiger partial charge in [0.15, 0.2) is 11.3 Å². The van der Waals surface area contributed by atoms with Gasteiger partial charge >= 0.3 is 0 Å². The van der Waals surface area contributed by atoms with E-state index in [2.05, 4.69) is 5.32 Å². The third-order valence-electron chi connectivity index (χ3n) is 9.67. The molecule has 0 heterocycles. The summed E-state index contributed by atoms with van der Waals surface area (Å²) in [5.74, 6) is -3.41. The number of nitrogens with one attached hydrogen (secondary N) is 1. The number of carbonyl (C=O) groups excluding carboxylic acids is 5. The first-order valence-electron chi connectivity index (χ1n) is 17.8. The van der Waals surface area contributed by atoms with Crippen LogP contribution in [0.1, 0.15) is 43.7 Å². The molecule has 13 heteroatoms. The van der Waals surface area contributed by atoms with Crippen LogP contribution in [0.5, 0.6) is 0 Å². The number of rotatable bonds is 19. The SMILES string of the molecule is C[C@@H](C(=O)N(c1ccc(N)cc1)[C@@]([C]=O)(CCCCN)C(=O)[C@H](CO)NC(=O)[C@@H](N)Cc1cccc2ccccc12)N(C)C(=O)CCc1ccc(F)cc1. The number of nitrogens with two attached hydrogens (primary N) is 3. The lowest BCUT2D eigenvalue weighted by Gasteiger charge is -2.42. The number of hydrogen-bond acceptors (Lipinski definition) is 9. The summed E-state index contributed by atoms with van der Waals surface area (Å²) in [6, 6.07) is 20.8. The number of likely N-dealkylation sites (N-methyl/N-ethyl adjacent to an activating group) is 1. The molecular weight excluding hydrogens is 691 g/mol. The first kappa shape index (κ1) is 41.3. The van der Waals surface area contributed by atoms with Crippen LogP contribution in [-0.4, -0.2) is 83.7 Å². The topological polar surface area (TPSA) is 202 Å². The Morgan fingerprint density at radius 2 is 1.61 bits per heavy atom. The van der Waals surface area contributed by atoms with Crippen LogP contribution in [0.15, 0.2) is 91.0 Å². The number of nitrogen functional groups attached to an aromatic ring is 1. The lowest BCUT2D eigenvalue weighted by Crippen LogP contribution is -2.67. The fourth-order valence-corrected chi connectivity index (χ4v) is 6.38. The quantitative estimate of drug-likeness (QED) is 0.0545. The molecule has 0 saturated carbocycles. The number of aryl methyl sites for hydroxylation is 1. The predicted molar refractivity (Wildman–Crippen MR) is 206 cm³/mol. The number of halogens is 1. The van der Waals surface area contributed by atoms with E-state index >= 15 is 0 Å². The van der Waals surface area contributed by atoms with Crippen LogP contribution in [0.4, 0.5) is 15.8 Å². The van der Waals surface area contributed by atoms with Gasteiger partial charge in [-0.15, -0.1) is 0 Å². The molecule has 4 aromatic rings. The Labute approximate surface area is 314 Å². The van der Waals surface area contributed by atoms with Gasteiger partial charge in [-0.3, -0.25) is 28.9 Å². The number of aliphatic hydroxyl groups is 1. The highest BCUT2D eigenvalue weighted by molar-refractivity contribution is 6.17. The Kier molecular flexibility index (Phi) is 14.5.